The van der Waals surface area contributed by atoms with E-state index in [1.165, 1.54) is 6.20 Å². The van der Waals surface area contributed by atoms with Crippen molar-refractivity contribution in [2.75, 3.05) is 20.3 Å². The number of halogens is 1. The summed E-state index contributed by atoms with van der Waals surface area (Å²) in [6.45, 7) is 5.09. The third kappa shape index (κ3) is 3.22. The van der Waals surface area contributed by atoms with Crippen molar-refractivity contribution in [3.05, 3.63) is 22.8 Å². The third-order valence-corrected chi connectivity index (χ3v) is 3.44. The zero-order chi connectivity index (χ0) is 14.7. The van der Waals surface area contributed by atoms with E-state index in [-0.39, 0.29) is 18.1 Å². The first-order valence-corrected chi connectivity index (χ1v) is 7.02. The summed E-state index contributed by atoms with van der Waals surface area (Å²) in [6, 6.07) is 1.76. The molecule has 1 aromatic heterocycles. The largest absolute Gasteiger partial charge is 0.474 e. The molecule has 0 saturated carbocycles. The molecule has 20 heavy (non-hydrogen) atoms. The molecule has 0 aromatic carbocycles. The highest BCUT2D eigenvalue weighted by atomic mass is 35.5. The van der Waals surface area contributed by atoms with Crippen LogP contribution in [0.1, 0.15) is 30.6 Å². The number of pyridine rings is 1. The first-order valence-electron chi connectivity index (χ1n) is 6.65. The number of carbonyl (C=O) groups excluding carboxylic acids is 1. The number of hydrogen-bond acceptors (Lipinski definition) is 4. The van der Waals surface area contributed by atoms with Gasteiger partial charge in [0, 0.05) is 19.9 Å². The van der Waals surface area contributed by atoms with Gasteiger partial charge in [-0.2, -0.15) is 0 Å². The van der Waals surface area contributed by atoms with Gasteiger partial charge < -0.3 is 14.4 Å². The van der Waals surface area contributed by atoms with E-state index in [2.05, 4.69) is 4.98 Å². The van der Waals surface area contributed by atoms with E-state index in [9.17, 15) is 4.79 Å². The number of nitrogens with zero attached hydrogens (tertiary/aromatic N) is 2. The lowest BCUT2D eigenvalue weighted by atomic mass is 10.0. The number of hydrogen-bond donors (Lipinski definition) is 0. The minimum atomic E-state index is -0.0659. The first kappa shape index (κ1) is 15.1. The molecule has 0 aliphatic carbocycles. The molecule has 1 aromatic rings. The van der Waals surface area contributed by atoms with E-state index >= 15 is 0 Å². The summed E-state index contributed by atoms with van der Waals surface area (Å²) >= 11 is 6.10. The average molecular weight is 299 g/mol. The van der Waals surface area contributed by atoms with Crippen molar-refractivity contribution in [2.24, 2.45) is 0 Å². The molecule has 1 amide bonds. The van der Waals surface area contributed by atoms with E-state index < -0.39 is 0 Å². The molecule has 1 fully saturated rings. The Balaban J connectivity index is 2.09. The van der Waals surface area contributed by atoms with E-state index in [0.29, 0.717) is 23.1 Å². The molecule has 1 aliphatic rings. The van der Waals surface area contributed by atoms with Gasteiger partial charge in [-0.3, -0.25) is 4.79 Å². The Morgan fingerprint density at radius 1 is 1.60 bits per heavy atom. The van der Waals surface area contributed by atoms with Crippen LogP contribution in [-0.4, -0.2) is 48.2 Å². The molecule has 2 rings (SSSR count). The molecule has 0 N–H and O–H groups in total. The summed E-state index contributed by atoms with van der Waals surface area (Å²) in [6.07, 6.45) is 2.46. The zero-order valence-corrected chi connectivity index (χ0v) is 12.7. The van der Waals surface area contributed by atoms with Gasteiger partial charge in [0.2, 0.25) is 5.88 Å². The van der Waals surface area contributed by atoms with Gasteiger partial charge >= 0.3 is 0 Å². The van der Waals surface area contributed by atoms with Crippen LogP contribution in [-0.2, 0) is 4.74 Å². The molecule has 1 unspecified atom stereocenters. The molecule has 110 valence electrons. The summed E-state index contributed by atoms with van der Waals surface area (Å²) in [7, 11) is 1.64. The second kappa shape index (κ2) is 6.41. The van der Waals surface area contributed by atoms with Crippen LogP contribution in [0.25, 0.3) is 0 Å². The Kier molecular flexibility index (Phi) is 4.83. The molecule has 6 heteroatoms. The highest BCUT2D eigenvalue weighted by molar-refractivity contribution is 6.32. The van der Waals surface area contributed by atoms with Crippen molar-refractivity contribution in [3.8, 4) is 5.88 Å². The predicted octanol–water partition coefficient (Wildman–Crippen LogP) is 2.38. The van der Waals surface area contributed by atoms with Gasteiger partial charge in [0.05, 0.1) is 24.3 Å². The van der Waals surface area contributed by atoms with Crippen LogP contribution < -0.4 is 4.74 Å². The van der Waals surface area contributed by atoms with E-state index in [0.717, 1.165) is 13.0 Å². The highest BCUT2D eigenvalue weighted by Gasteiger charge is 2.32. The van der Waals surface area contributed by atoms with E-state index in [4.69, 9.17) is 21.1 Å². The average Bonchev–Trinajstić information content (AvgIpc) is 2.36. The summed E-state index contributed by atoms with van der Waals surface area (Å²) in [5.41, 5.74) is 0.479. The number of ether oxygens (including phenoxy) is 2. The minimum Gasteiger partial charge on any atom is -0.474 e. The summed E-state index contributed by atoms with van der Waals surface area (Å²) in [5.74, 6) is 0.291. The van der Waals surface area contributed by atoms with Crippen LogP contribution in [0.15, 0.2) is 12.3 Å². The normalized spacial score (nSPS) is 18.1. The number of likely N-dealkylation sites (tertiary alicyclic amines) is 1. The van der Waals surface area contributed by atoms with Crippen molar-refractivity contribution in [1.82, 2.24) is 9.88 Å². The molecule has 1 atom stereocenters. The molecule has 0 spiro atoms. The van der Waals surface area contributed by atoms with Crippen LogP contribution >= 0.6 is 11.6 Å². The van der Waals surface area contributed by atoms with Gasteiger partial charge in [-0.1, -0.05) is 11.6 Å². The molecule has 0 radical (unpaired) electrons. The Morgan fingerprint density at radius 3 is 2.85 bits per heavy atom. The predicted molar refractivity (Wildman–Crippen MR) is 76.3 cm³/mol. The van der Waals surface area contributed by atoms with Crippen molar-refractivity contribution in [1.29, 1.82) is 0 Å². The minimum absolute atomic E-state index is 0.0111. The molecular formula is C14H19ClN2O3. The quantitative estimate of drug-likeness (QED) is 0.837. The molecule has 1 aliphatic heterocycles. The lowest BCUT2D eigenvalue weighted by Gasteiger charge is -2.40. The molecular weight excluding hydrogens is 280 g/mol. The van der Waals surface area contributed by atoms with Gasteiger partial charge in [-0.15, -0.1) is 0 Å². The number of aromatic nitrogens is 1. The topological polar surface area (TPSA) is 51.7 Å². The Morgan fingerprint density at radius 2 is 2.35 bits per heavy atom. The van der Waals surface area contributed by atoms with Crippen molar-refractivity contribution >= 4 is 17.5 Å². The maximum Gasteiger partial charge on any atom is 0.255 e. The lowest BCUT2D eigenvalue weighted by Crippen LogP contribution is -2.53. The third-order valence-electron chi connectivity index (χ3n) is 3.17. The molecule has 1 saturated heterocycles. The zero-order valence-electron chi connectivity index (χ0n) is 11.9. The Bertz CT molecular complexity index is 493. The van der Waals surface area contributed by atoms with E-state index in [1.807, 2.05) is 13.8 Å². The van der Waals surface area contributed by atoms with Crippen LogP contribution in [0, 0.1) is 0 Å². The van der Waals surface area contributed by atoms with Gasteiger partial charge in [-0.25, -0.2) is 4.98 Å². The maximum absolute atomic E-state index is 12.3. The fourth-order valence-corrected chi connectivity index (χ4v) is 2.30. The lowest BCUT2D eigenvalue weighted by molar-refractivity contribution is 0.0201. The number of rotatable bonds is 5. The second-order valence-electron chi connectivity index (χ2n) is 5.07. The first-order chi connectivity index (χ1) is 9.52. The smallest absolute Gasteiger partial charge is 0.255 e. The van der Waals surface area contributed by atoms with Gasteiger partial charge in [0.15, 0.2) is 0 Å². The SMILES string of the molecule is COCC1CCN1C(=O)c1cnc(OC(C)C)c(Cl)c1. The summed E-state index contributed by atoms with van der Waals surface area (Å²) < 4.78 is 10.5. The van der Waals surface area contributed by atoms with Crippen LogP contribution in [0.5, 0.6) is 5.88 Å². The van der Waals surface area contributed by atoms with Gasteiger partial charge in [0.1, 0.15) is 5.02 Å². The van der Waals surface area contributed by atoms with Crippen molar-refractivity contribution in [2.45, 2.75) is 32.4 Å². The Hall–Kier alpha value is -1.33. The molecule has 2 heterocycles. The molecule has 5 nitrogen and oxygen atoms in total. The standard InChI is InChI=1S/C14H19ClN2O3/c1-9(2)20-13-12(15)6-10(7-16-13)14(18)17-5-4-11(17)8-19-3/h6-7,9,11H,4-5,8H2,1-3H3. The number of carbonyl (C=O) groups is 1. The summed E-state index contributed by atoms with van der Waals surface area (Å²) in [4.78, 5) is 18.2. The van der Waals surface area contributed by atoms with E-state index in [1.54, 1.807) is 18.1 Å². The van der Waals surface area contributed by atoms with Gasteiger partial charge in [-0.05, 0) is 26.3 Å². The fourth-order valence-electron chi connectivity index (χ4n) is 2.09. The molecule has 0 bridgehead atoms. The van der Waals surface area contributed by atoms with Gasteiger partial charge in [0.25, 0.3) is 5.91 Å². The number of methoxy groups -OCH3 is 1. The van der Waals surface area contributed by atoms with Crippen molar-refractivity contribution in [3.63, 3.8) is 0 Å². The fraction of sp³-hybridized carbons (Fsp3) is 0.571. The Labute approximate surface area is 123 Å². The van der Waals surface area contributed by atoms with Crippen LogP contribution in [0.4, 0.5) is 0 Å². The van der Waals surface area contributed by atoms with Crippen LogP contribution in [0.3, 0.4) is 0 Å². The maximum atomic E-state index is 12.3. The van der Waals surface area contributed by atoms with Crippen LogP contribution in [0.2, 0.25) is 5.02 Å². The monoisotopic (exact) mass is 298 g/mol. The second-order valence-corrected chi connectivity index (χ2v) is 5.48. The summed E-state index contributed by atoms with van der Waals surface area (Å²) in [5, 5.41) is 0.355. The highest BCUT2D eigenvalue weighted by Crippen LogP contribution is 2.26. The van der Waals surface area contributed by atoms with Crippen molar-refractivity contribution < 1.29 is 14.3 Å². The number of amides is 1.